The Morgan fingerprint density at radius 3 is 2.40 bits per heavy atom. The summed E-state index contributed by atoms with van der Waals surface area (Å²) in [5.74, 6) is 0. The maximum atomic E-state index is 9.79. The van der Waals surface area contributed by atoms with E-state index in [0.717, 1.165) is 25.5 Å². The van der Waals surface area contributed by atoms with Gasteiger partial charge in [0, 0.05) is 0 Å². The second-order valence-electron chi connectivity index (χ2n) is 2.02. The number of allylic oxidation sites excluding steroid dienone is 4. The summed E-state index contributed by atoms with van der Waals surface area (Å²) < 4.78 is 0. The van der Waals surface area contributed by atoms with Crippen molar-refractivity contribution in [1.29, 1.82) is 0 Å². The molecule has 0 aromatic carbocycles. The van der Waals surface area contributed by atoms with Gasteiger partial charge in [0.05, 0.1) is 0 Å². The molecule has 0 atom stereocenters. The van der Waals surface area contributed by atoms with Gasteiger partial charge >= 0.3 is 0 Å². The van der Waals surface area contributed by atoms with Gasteiger partial charge in [-0.05, 0) is 25.3 Å². The molecular weight excluding hydrogens is 124 g/mol. The van der Waals surface area contributed by atoms with Crippen LogP contribution in [0.2, 0.25) is 0 Å². The largest absolute Gasteiger partial charge is 0.299 e. The Balaban J connectivity index is 3.11. The normalized spacial score (nSPS) is 11.3. The number of rotatable bonds is 5. The molecule has 0 aromatic rings. The summed E-state index contributed by atoms with van der Waals surface area (Å²) in [6.07, 6.45) is 11.6. The Labute approximate surface area is 62.4 Å². The van der Waals surface area contributed by atoms with Crippen LogP contribution in [0, 0.1) is 0 Å². The number of aldehydes is 1. The summed E-state index contributed by atoms with van der Waals surface area (Å²) in [7, 11) is 0. The first-order chi connectivity index (χ1) is 4.91. The quantitative estimate of drug-likeness (QED) is 0.247. The van der Waals surface area contributed by atoms with Crippen molar-refractivity contribution in [3.8, 4) is 0 Å². The van der Waals surface area contributed by atoms with E-state index in [0.29, 0.717) is 0 Å². The first-order valence-corrected chi connectivity index (χ1v) is 3.67. The lowest BCUT2D eigenvalue weighted by Gasteiger charge is -1.83. The Bertz CT molecular complexity index is 123. The van der Waals surface area contributed by atoms with Gasteiger partial charge in [-0.1, -0.05) is 25.2 Å². The first kappa shape index (κ1) is 9.15. The van der Waals surface area contributed by atoms with E-state index in [9.17, 15) is 4.79 Å². The minimum Gasteiger partial charge on any atom is -0.299 e. The van der Waals surface area contributed by atoms with Gasteiger partial charge in [0.1, 0.15) is 6.29 Å². The Hall–Kier alpha value is -0.850. The number of carbonyl (C=O) groups excluding carboxylic acids is 1. The molecule has 1 nitrogen and oxygen atoms in total. The van der Waals surface area contributed by atoms with Gasteiger partial charge < -0.3 is 0 Å². The van der Waals surface area contributed by atoms with Crippen LogP contribution in [0.4, 0.5) is 0 Å². The zero-order chi connectivity index (χ0) is 7.66. The highest BCUT2D eigenvalue weighted by atomic mass is 16.1. The van der Waals surface area contributed by atoms with Crippen LogP contribution in [0.25, 0.3) is 0 Å². The number of hydrogen-bond donors (Lipinski definition) is 0. The molecule has 0 unspecified atom stereocenters. The van der Waals surface area contributed by atoms with Crippen molar-refractivity contribution in [2.75, 3.05) is 0 Å². The summed E-state index contributed by atoms with van der Waals surface area (Å²) >= 11 is 0. The zero-order valence-electron chi connectivity index (χ0n) is 6.42. The molecule has 0 aliphatic carbocycles. The molecule has 0 radical (unpaired) electrons. The van der Waals surface area contributed by atoms with E-state index in [-0.39, 0.29) is 0 Å². The summed E-state index contributed by atoms with van der Waals surface area (Å²) in [6.45, 7) is 2.11. The fourth-order valence-corrected chi connectivity index (χ4v) is 0.629. The molecule has 0 N–H and O–H groups in total. The van der Waals surface area contributed by atoms with E-state index < -0.39 is 0 Å². The maximum Gasteiger partial charge on any atom is 0.142 e. The minimum absolute atomic E-state index is 0.809. The van der Waals surface area contributed by atoms with Crippen LogP contribution in [-0.4, -0.2) is 6.29 Å². The van der Waals surface area contributed by atoms with Crippen molar-refractivity contribution in [2.45, 2.75) is 26.2 Å². The second-order valence-corrected chi connectivity index (χ2v) is 2.02. The molecule has 0 bridgehead atoms. The van der Waals surface area contributed by atoms with E-state index in [1.807, 2.05) is 6.08 Å². The van der Waals surface area contributed by atoms with Gasteiger partial charge in [0.2, 0.25) is 0 Å². The molecule has 0 fully saturated rings. The summed E-state index contributed by atoms with van der Waals surface area (Å²) in [5, 5.41) is 0. The molecule has 0 saturated carbocycles. The van der Waals surface area contributed by atoms with Crippen molar-refractivity contribution >= 4 is 6.29 Å². The van der Waals surface area contributed by atoms with E-state index in [1.54, 1.807) is 6.08 Å². The molecule has 0 rings (SSSR count). The van der Waals surface area contributed by atoms with Crippen LogP contribution < -0.4 is 0 Å². The highest BCUT2D eigenvalue weighted by Crippen LogP contribution is 1.92. The van der Waals surface area contributed by atoms with Gasteiger partial charge in [-0.3, -0.25) is 4.79 Å². The topological polar surface area (TPSA) is 17.1 Å². The second kappa shape index (κ2) is 8.15. The molecule has 0 spiro atoms. The third-order valence-corrected chi connectivity index (χ3v) is 1.12. The van der Waals surface area contributed by atoms with Gasteiger partial charge in [-0.2, -0.15) is 0 Å². The fourth-order valence-electron chi connectivity index (χ4n) is 0.629. The lowest BCUT2D eigenvalue weighted by molar-refractivity contribution is -0.104. The maximum absolute atomic E-state index is 9.79. The minimum atomic E-state index is 0.809. The molecule has 56 valence electrons. The monoisotopic (exact) mass is 138 g/mol. The molecule has 0 aromatic heterocycles. The van der Waals surface area contributed by atoms with Crippen LogP contribution in [-0.2, 0) is 4.79 Å². The molecule has 0 aliphatic rings. The molecule has 0 amide bonds. The Morgan fingerprint density at radius 1 is 1.10 bits per heavy atom. The Morgan fingerprint density at radius 2 is 1.80 bits per heavy atom. The molecule has 0 heterocycles. The van der Waals surface area contributed by atoms with E-state index in [1.165, 1.54) is 0 Å². The van der Waals surface area contributed by atoms with Crippen LogP contribution in [0.3, 0.4) is 0 Å². The Kier molecular flexibility index (Phi) is 7.46. The molecule has 10 heavy (non-hydrogen) atoms. The average molecular weight is 138 g/mol. The van der Waals surface area contributed by atoms with Crippen molar-refractivity contribution in [1.82, 2.24) is 0 Å². The molecular formula is C9H14O. The zero-order valence-corrected chi connectivity index (χ0v) is 6.42. The number of carbonyl (C=O) groups is 1. The van der Waals surface area contributed by atoms with Gasteiger partial charge in [-0.25, -0.2) is 0 Å². The van der Waals surface area contributed by atoms with Crippen molar-refractivity contribution in [2.24, 2.45) is 0 Å². The van der Waals surface area contributed by atoms with Gasteiger partial charge in [-0.15, -0.1) is 0 Å². The highest BCUT2D eigenvalue weighted by Gasteiger charge is 1.73. The van der Waals surface area contributed by atoms with Crippen LogP contribution in [0.1, 0.15) is 26.2 Å². The van der Waals surface area contributed by atoms with E-state index in [2.05, 4.69) is 19.1 Å². The van der Waals surface area contributed by atoms with Crippen molar-refractivity contribution in [3.63, 3.8) is 0 Å². The summed E-state index contributed by atoms with van der Waals surface area (Å²) in [5.41, 5.74) is 0. The summed E-state index contributed by atoms with van der Waals surface area (Å²) in [4.78, 5) is 9.79. The predicted octanol–water partition coefficient (Wildman–Crippen LogP) is 2.49. The first-order valence-electron chi connectivity index (χ1n) is 3.67. The summed E-state index contributed by atoms with van der Waals surface area (Å²) in [6, 6.07) is 0. The standard InChI is InChI=1S/C9H14O/c1-2-3-4-5-6-7-8-9-10/h3-4,7-9H,2,5-6H2,1H3. The van der Waals surface area contributed by atoms with Gasteiger partial charge in [0.25, 0.3) is 0 Å². The third-order valence-electron chi connectivity index (χ3n) is 1.12. The van der Waals surface area contributed by atoms with Crippen molar-refractivity contribution in [3.05, 3.63) is 24.3 Å². The van der Waals surface area contributed by atoms with Crippen LogP contribution in [0.5, 0.6) is 0 Å². The van der Waals surface area contributed by atoms with Crippen molar-refractivity contribution < 1.29 is 4.79 Å². The average Bonchev–Trinajstić information content (AvgIpc) is 1.97. The molecule has 1 heteroatoms. The highest BCUT2D eigenvalue weighted by molar-refractivity contribution is 5.64. The molecule has 0 aliphatic heterocycles. The van der Waals surface area contributed by atoms with Crippen LogP contribution in [0.15, 0.2) is 24.3 Å². The molecule has 0 saturated heterocycles. The van der Waals surface area contributed by atoms with E-state index >= 15 is 0 Å². The SMILES string of the molecule is CCC=CCCC=CC=O. The predicted molar refractivity (Wildman–Crippen MR) is 43.9 cm³/mol. The number of hydrogen-bond acceptors (Lipinski definition) is 1. The number of unbranched alkanes of at least 4 members (excludes halogenated alkanes) is 1. The van der Waals surface area contributed by atoms with Gasteiger partial charge in [0.15, 0.2) is 0 Å². The smallest absolute Gasteiger partial charge is 0.142 e. The lowest BCUT2D eigenvalue weighted by atomic mass is 10.2. The third kappa shape index (κ3) is 7.15. The van der Waals surface area contributed by atoms with Crippen LogP contribution >= 0.6 is 0 Å². The lowest BCUT2D eigenvalue weighted by Crippen LogP contribution is -1.65. The fraction of sp³-hybridized carbons (Fsp3) is 0.444. The van der Waals surface area contributed by atoms with E-state index in [4.69, 9.17) is 0 Å².